The van der Waals surface area contributed by atoms with Gasteiger partial charge in [-0.1, -0.05) is 30.0 Å². The van der Waals surface area contributed by atoms with E-state index in [1.807, 2.05) is 54.6 Å². The molecule has 0 saturated carbocycles. The van der Waals surface area contributed by atoms with Crippen molar-refractivity contribution in [2.45, 2.75) is 0 Å². The van der Waals surface area contributed by atoms with Crippen LogP contribution >= 0.6 is 0 Å². The molecule has 112 valence electrons. The van der Waals surface area contributed by atoms with E-state index in [1.165, 1.54) is 0 Å². The maximum absolute atomic E-state index is 8.76. The minimum absolute atomic E-state index is 0.607. The number of nitrogens with zero attached hydrogens (tertiary/aromatic N) is 3. The van der Waals surface area contributed by atoms with Crippen LogP contribution in [0.25, 0.3) is 0 Å². The molecule has 0 spiro atoms. The molecule has 0 radical (unpaired) electrons. The van der Waals surface area contributed by atoms with Gasteiger partial charge in [-0.3, -0.25) is 0 Å². The molecule has 0 N–H and O–H groups in total. The summed E-state index contributed by atoms with van der Waals surface area (Å²) in [5, 5.41) is 17.1. The Morgan fingerprint density at radius 1 is 0.542 bits per heavy atom. The highest BCUT2D eigenvalue weighted by atomic mass is 15.1. The van der Waals surface area contributed by atoms with E-state index >= 15 is 0 Å². The van der Waals surface area contributed by atoms with Gasteiger partial charge >= 0.3 is 0 Å². The fourth-order valence-corrected chi connectivity index (χ4v) is 2.00. The second-order valence-corrected chi connectivity index (χ2v) is 5.02. The third-order valence-corrected chi connectivity index (χ3v) is 3.27. The van der Waals surface area contributed by atoms with Gasteiger partial charge in [-0.2, -0.15) is 15.5 Å². The average molecular weight is 307 g/mol. The maximum Gasteiger partial charge on any atom is 0.0991 e. The lowest BCUT2D eigenvalue weighted by molar-refractivity contribution is 1.23. The Morgan fingerprint density at radius 3 is 1.50 bits per heavy atom. The van der Waals surface area contributed by atoms with Gasteiger partial charge in [-0.05, 0) is 60.7 Å². The summed E-state index contributed by atoms with van der Waals surface area (Å²) < 4.78 is 0. The molecule has 0 saturated heterocycles. The maximum atomic E-state index is 8.76. The van der Waals surface area contributed by atoms with Crippen molar-refractivity contribution in [2.75, 3.05) is 0 Å². The van der Waals surface area contributed by atoms with E-state index in [-0.39, 0.29) is 0 Å². The minimum atomic E-state index is 0.607. The molecule has 0 aliphatic rings. The number of hydrogen-bond donors (Lipinski definition) is 0. The van der Waals surface area contributed by atoms with Crippen LogP contribution in [0.5, 0.6) is 0 Å². The highest BCUT2D eigenvalue weighted by Gasteiger charge is 1.93. The lowest BCUT2D eigenvalue weighted by Crippen LogP contribution is -1.75. The first-order valence-electron chi connectivity index (χ1n) is 7.42. The van der Waals surface area contributed by atoms with Gasteiger partial charge in [0.15, 0.2) is 0 Å². The van der Waals surface area contributed by atoms with Crippen molar-refractivity contribution < 1.29 is 0 Å². The number of hydrogen-bond acceptors (Lipinski definition) is 3. The Morgan fingerprint density at radius 2 is 1.00 bits per heavy atom. The van der Waals surface area contributed by atoms with Crippen LogP contribution in [0, 0.1) is 23.2 Å². The Balaban J connectivity index is 1.69. The van der Waals surface area contributed by atoms with E-state index in [2.05, 4.69) is 28.1 Å². The standard InChI is InChI=1S/C21H13N3/c22-16-19-10-14-21(15-11-19)24-23-20-12-8-18(9-13-20)7-6-17-4-2-1-3-5-17/h1-5,8-15H. The van der Waals surface area contributed by atoms with Crippen LogP contribution in [0.3, 0.4) is 0 Å². The second-order valence-electron chi connectivity index (χ2n) is 5.02. The van der Waals surface area contributed by atoms with Crippen LogP contribution in [0.2, 0.25) is 0 Å². The number of rotatable bonds is 2. The highest BCUT2D eigenvalue weighted by Crippen LogP contribution is 2.19. The summed E-state index contributed by atoms with van der Waals surface area (Å²) in [5.74, 6) is 6.24. The van der Waals surface area contributed by atoms with Gasteiger partial charge in [0.2, 0.25) is 0 Å². The quantitative estimate of drug-likeness (QED) is 0.463. The van der Waals surface area contributed by atoms with Gasteiger partial charge in [-0.25, -0.2) is 0 Å². The van der Waals surface area contributed by atoms with E-state index in [9.17, 15) is 0 Å². The molecule has 3 rings (SSSR count). The van der Waals surface area contributed by atoms with Crippen LogP contribution in [-0.4, -0.2) is 0 Å². The molecule has 0 bridgehead atoms. The van der Waals surface area contributed by atoms with Gasteiger partial charge in [0, 0.05) is 11.1 Å². The Bertz CT molecular complexity index is 936. The van der Waals surface area contributed by atoms with Crippen LogP contribution in [0.4, 0.5) is 11.4 Å². The molecule has 24 heavy (non-hydrogen) atoms. The van der Waals surface area contributed by atoms with Gasteiger partial charge in [0.05, 0.1) is 23.0 Å². The summed E-state index contributed by atoms with van der Waals surface area (Å²) in [5.41, 5.74) is 3.99. The molecular weight excluding hydrogens is 294 g/mol. The zero-order valence-corrected chi connectivity index (χ0v) is 12.8. The predicted molar refractivity (Wildman–Crippen MR) is 94.2 cm³/mol. The summed E-state index contributed by atoms with van der Waals surface area (Å²) in [6.45, 7) is 0. The van der Waals surface area contributed by atoms with Crippen molar-refractivity contribution in [3.05, 3.63) is 95.6 Å². The van der Waals surface area contributed by atoms with Crippen LogP contribution in [0.1, 0.15) is 16.7 Å². The molecule has 0 atom stereocenters. The third-order valence-electron chi connectivity index (χ3n) is 3.27. The number of benzene rings is 3. The molecule has 3 nitrogen and oxygen atoms in total. The Kier molecular flexibility index (Phi) is 4.78. The van der Waals surface area contributed by atoms with E-state index in [4.69, 9.17) is 5.26 Å². The number of nitriles is 1. The molecule has 0 aliphatic carbocycles. The summed E-state index contributed by atoms with van der Waals surface area (Å²) in [7, 11) is 0. The van der Waals surface area contributed by atoms with Crippen molar-refractivity contribution in [3.8, 4) is 17.9 Å². The Hall–Kier alpha value is -3.69. The largest absolute Gasteiger partial charge is 0.192 e. The van der Waals surface area contributed by atoms with Crippen molar-refractivity contribution in [2.24, 2.45) is 10.2 Å². The second kappa shape index (κ2) is 7.54. The average Bonchev–Trinajstić information content (AvgIpc) is 2.67. The lowest BCUT2D eigenvalue weighted by Gasteiger charge is -1.95. The Labute approximate surface area is 140 Å². The van der Waals surface area contributed by atoms with Gasteiger partial charge in [-0.15, -0.1) is 0 Å². The van der Waals surface area contributed by atoms with Crippen LogP contribution in [-0.2, 0) is 0 Å². The molecule has 0 unspecified atom stereocenters. The fourth-order valence-electron chi connectivity index (χ4n) is 2.00. The summed E-state index contributed by atoms with van der Waals surface area (Å²) in [6.07, 6.45) is 0. The van der Waals surface area contributed by atoms with Crippen LogP contribution in [0.15, 0.2) is 89.1 Å². The topological polar surface area (TPSA) is 48.5 Å². The van der Waals surface area contributed by atoms with E-state index in [0.717, 1.165) is 16.8 Å². The minimum Gasteiger partial charge on any atom is -0.192 e. The smallest absolute Gasteiger partial charge is 0.0991 e. The molecule has 3 aromatic rings. The normalized spacial score (nSPS) is 9.96. The first-order chi connectivity index (χ1) is 11.8. The monoisotopic (exact) mass is 307 g/mol. The zero-order valence-electron chi connectivity index (χ0n) is 12.8. The first kappa shape index (κ1) is 15.2. The first-order valence-corrected chi connectivity index (χ1v) is 7.42. The molecular formula is C21H13N3. The SMILES string of the molecule is N#Cc1ccc(N=Nc2ccc(C#Cc3ccccc3)cc2)cc1. The molecule has 0 aliphatic heterocycles. The zero-order chi connectivity index (χ0) is 16.6. The summed E-state index contributed by atoms with van der Waals surface area (Å²) in [4.78, 5) is 0. The predicted octanol–water partition coefficient (Wildman–Crippen LogP) is 5.37. The van der Waals surface area contributed by atoms with E-state index < -0.39 is 0 Å². The van der Waals surface area contributed by atoms with Crippen molar-refractivity contribution in [1.29, 1.82) is 5.26 Å². The summed E-state index contributed by atoms with van der Waals surface area (Å²) >= 11 is 0. The van der Waals surface area contributed by atoms with Crippen molar-refractivity contribution in [1.82, 2.24) is 0 Å². The number of azo groups is 1. The molecule has 0 amide bonds. The van der Waals surface area contributed by atoms with E-state index in [1.54, 1.807) is 24.3 Å². The van der Waals surface area contributed by atoms with Gasteiger partial charge in [0.25, 0.3) is 0 Å². The third kappa shape index (κ3) is 4.16. The molecule has 0 heterocycles. The van der Waals surface area contributed by atoms with Gasteiger partial charge < -0.3 is 0 Å². The van der Waals surface area contributed by atoms with Crippen LogP contribution < -0.4 is 0 Å². The molecule has 0 aromatic heterocycles. The van der Waals surface area contributed by atoms with Gasteiger partial charge in [0.1, 0.15) is 0 Å². The van der Waals surface area contributed by atoms with E-state index in [0.29, 0.717) is 11.3 Å². The molecule has 0 fully saturated rings. The van der Waals surface area contributed by atoms with Crippen molar-refractivity contribution in [3.63, 3.8) is 0 Å². The lowest BCUT2D eigenvalue weighted by atomic mass is 10.2. The highest BCUT2D eigenvalue weighted by molar-refractivity contribution is 5.48. The molecule has 3 heteroatoms. The fraction of sp³-hybridized carbons (Fsp3) is 0. The van der Waals surface area contributed by atoms with Crippen molar-refractivity contribution >= 4 is 11.4 Å². The summed E-state index contributed by atoms with van der Waals surface area (Å²) in [6, 6.07) is 26.5. The molecule has 3 aromatic carbocycles.